The number of carbonyl (C=O) groups excluding carboxylic acids is 1. The summed E-state index contributed by atoms with van der Waals surface area (Å²) >= 11 is 5.89. The fourth-order valence-corrected chi connectivity index (χ4v) is 3.75. The Labute approximate surface area is 128 Å². The predicted octanol–water partition coefficient (Wildman–Crippen LogP) is 3.59. The van der Waals surface area contributed by atoms with E-state index in [0.29, 0.717) is 42.8 Å². The van der Waals surface area contributed by atoms with Crippen LogP contribution in [0.5, 0.6) is 0 Å². The van der Waals surface area contributed by atoms with Gasteiger partial charge in [0.1, 0.15) is 0 Å². The molecule has 0 radical (unpaired) electrons. The molecule has 0 spiro atoms. The Morgan fingerprint density at radius 3 is 2.55 bits per heavy atom. The lowest BCUT2D eigenvalue weighted by Crippen LogP contribution is -2.44. The van der Waals surface area contributed by atoms with Crippen LogP contribution in [-0.4, -0.2) is 42.0 Å². The molecule has 3 nitrogen and oxygen atoms in total. The smallest absolute Gasteiger partial charge is 0.223 e. The summed E-state index contributed by atoms with van der Waals surface area (Å²) in [4.78, 5) is 14.6. The number of nitrogens with zero attached hydrogens (tertiary/aromatic N) is 1. The third kappa shape index (κ3) is 4.36. The number of amides is 1. The third-order valence-electron chi connectivity index (χ3n) is 4.72. The second-order valence-electron chi connectivity index (χ2n) is 6.19. The summed E-state index contributed by atoms with van der Waals surface area (Å²) in [5, 5.41) is 0. The molecule has 0 aromatic carbocycles. The van der Waals surface area contributed by atoms with E-state index >= 15 is 0 Å². The highest BCUT2D eigenvalue weighted by molar-refractivity contribution is 6.18. The zero-order chi connectivity index (χ0) is 14.4. The molecule has 2 fully saturated rings. The Balaban J connectivity index is 1.78. The second-order valence-corrected chi connectivity index (χ2v) is 6.56. The van der Waals surface area contributed by atoms with Gasteiger partial charge in [-0.1, -0.05) is 19.3 Å². The van der Waals surface area contributed by atoms with E-state index in [0.717, 1.165) is 32.3 Å². The van der Waals surface area contributed by atoms with Gasteiger partial charge in [0.25, 0.3) is 0 Å². The van der Waals surface area contributed by atoms with Gasteiger partial charge in [0.2, 0.25) is 5.91 Å². The first kappa shape index (κ1) is 16.1. The van der Waals surface area contributed by atoms with Gasteiger partial charge in [-0.2, -0.15) is 0 Å². The average Bonchev–Trinajstić information content (AvgIpc) is 2.43. The Bertz CT molecular complexity index is 299. The second kappa shape index (κ2) is 8.23. The van der Waals surface area contributed by atoms with Gasteiger partial charge in [-0.25, -0.2) is 0 Å². The highest BCUT2D eigenvalue weighted by atomic mass is 35.5. The van der Waals surface area contributed by atoms with Crippen LogP contribution in [0.3, 0.4) is 0 Å². The first-order chi connectivity index (χ1) is 9.74. The Morgan fingerprint density at radius 1 is 1.25 bits per heavy atom. The molecule has 2 aliphatic rings. The van der Waals surface area contributed by atoms with Crippen LogP contribution in [-0.2, 0) is 9.53 Å². The number of carbonyl (C=O) groups is 1. The quantitative estimate of drug-likeness (QED) is 0.673. The molecule has 2 rings (SSSR count). The number of ether oxygens (including phenoxy) is 1. The van der Waals surface area contributed by atoms with Crippen LogP contribution >= 0.6 is 11.6 Å². The fraction of sp³-hybridized carbons (Fsp3) is 0.938. The van der Waals surface area contributed by atoms with E-state index in [4.69, 9.17) is 16.3 Å². The van der Waals surface area contributed by atoms with Gasteiger partial charge in [-0.15, -0.1) is 11.6 Å². The summed E-state index contributed by atoms with van der Waals surface area (Å²) in [6.07, 6.45) is 9.35. The van der Waals surface area contributed by atoms with Crippen LogP contribution in [0, 0.1) is 5.92 Å². The van der Waals surface area contributed by atoms with Crippen molar-refractivity contribution in [3.63, 3.8) is 0 Å². The topological polar surface area (TPSA) is 29.5 Å². The summed E-state index contributed by atoms with van der Waals surface area (Å²) in [6.45, 7) is 3.53. The molecule has 0 aliphatic heterocycles. The lowest BCUT2D eigenvalue weighted by molar-refractivity contribution is -0.137. The SMILES string of the molecule is CCOC1CC(CC(=O)N(CCCl)C2CCCCC2)C1. The average molecular weight is 302 g/mol. The zero-order valence-electron chi connectivity index (χ0n) is 12.7. The van der Waals surface area contributed by atoms with Gasteiger partial charge in [-0.05, 0) is 38.5 Å². The van der Waals surface area contributed by atoms with Gasteiger partial charge in [0.15, 0.2) is 0 Å². The van der Waals surface area contributed by atoms with Crippen molar-refractivity contribution in [2.75, 3.05) is 19.0 Å². The van der Waals surface area contributed by atoms with Crippen LogP contribution in [0.4, 0.5) is 0 Å². The highest BCUT2D eigenvalue weighted by Crippen LogP contribution is 2.34. The van der Waals surface area contributed by atoms with Gasteiger partial charge in [0, 0.05) is 31.5 Å². The largest absolute Gasteiger partial charge is 0.378 e. The van der Waals surface area contributed by atoms with E-state index in [-0.39, 0.29) is 0 Å². The highest BCUT2D eigenvalue weighted by Gasteiger charge is 2.33. The lowest BCUT2D eigenvalue weighted by Gasteiger charge is -2.38. The van der Waals surface area contributed by atoms with Crippen LogP contribution in [0.15, 0.2) is 0 Å². The Hall–Kier alpha value is -0.280. The van der Waals surface area contributed by atoms with Crippen LogP contribution < -0.4 is 0 Å². The molecule has 2 aliphatic carbocycles. The standard InChI is InChI=1S/C16H28ClNO2/c1-2-20-15-10-13(11-15)12-16(19)18(9-8-17)14-6-4-3-5-7-14/h13-15H,2-12H2,1H3. The van der Waals surface area contributed by atoms with Crippen molar-refractivity contribution < 1.29 is 9.53 Å². The minimum absolute atomic E-state index is 0.317. The van der Waals surface area contributed by atoms with Crippen molar-refractivity contribution in [3.05, 3.63) is 0 Å². The molecule has 0 heterocycles. The van der Waals surface area contributed by atoms with Crippen molar-refractivity contribution in [2.45, 2.75) is 70.4 Å². The maximum Gasteiger partial charge on any atom is 0.223 e. The molecular formula is C16H28ClNO2. The first-order valence-electron chi connectivity index (χ1n) is 8.21. The Kier molecular flexibility index (Phi) is 6.63. The van der Waals surface area contributed by atoms with Crippen molar-refractivity contribution in [1.82, 2.24) is 4.90 Å². The summed E-state index contributed by atoms with van der Waals surface area (Å²) in [5.41, 5.74) is 0. The molecule has 20 heavy (non-hydrogen) atoms. The van der Waals surface area contributed by atoms with E-state index in [1.165, 1.54) is 19.3 Å². The molecule has 0 unspecified atom stereocenters. The van der Waals surface area contributed by atoms with Crippen LogP contribution in [0.1, 0.15) is 58.3 Å². The van der Waals surface area contributed by atoms with Gasteiger partial charge in [-0.3, -0.25) is 4.79 Å². The van der Waals surface area contributed by atoms with Crippen molar-refractivity contribution in [1.29, 1.82) is 0 Å². The normalized spacial score (nSPS) is 27.1. The van der Waals surface area contributed by atoms with E-state index in [9.17, 15) is 4.79 Å². The number of alkyl halides is 1. The third-order valence-corrected chi connectivity index (χ3v) is 4.89. The van der Waals surface area contributed by atoms with Gasteiger partial charge in [0.05, 0.1) is 6.10 Å². The number of hydrogen-bond acceptors (Lipinski definition) is 2. The number of halogens is 1. The summed E-state index contributed by atoms with van der Waals surface area (Å²) in [5.74, 6) is 1.40. The molecule has 2 saturated carbocycles. The molecule has 4 heteroatoms. The fourth-order valence-electron chi connectivity index (χ4n) is 3.57. The molecule has 0 atom stereocenters. The first-order valence-corrected chi connectivity index (χ1v) is 8.75. The molecule has 0 bridgehead atoms. The van der Waals surface area contributed by atoms with Gasteiger partial charge >= 0.3 is 0 Å². The number of rotatable bonds is 7. The Morgan fingerprint density at radius 2 is 1.95 bits per heavy atom. The lowest BCUT2D eigenvalue weighted by atomic mass is 9.79. The van der Waals surface area contributed by atoms with E-state index < -0.39 is 0 Å². The van der Waals surface area contributed by atoms with E-state index in [1.807, 2.05) is 6.92 Å². The molecule has 0 aromatic heterocycles. The number of hydrogen-bond donors (Lipinski definition) is 0. The zero-order valence-corrected chi connectivity index (χ0v) is 13.4. The van der Waals surface area contributed by atoms with Crippen LogP contribution in [0.2, 0.25) is 0 Å². The molecule has 0 aromatic rings. The molecular weight excluding hydrogens is 274 g/mol. The summed E-state index contributed by atoms with van der Waals surface area (Å²) < 4.78 is 5.57. The maximum atomic E-state index is 12.5. The summed E-state index contributed by atoms with van der Waals surface area (Å²) in [6, 6.07) is 0.442. The van der Waals surface area contributed by atoms with Crippen molar-refractivity contribution >= 4 is 17.5 Å². The minimum Gasteiger partial charge on any atom is -0.378 e. The molecule has 0 saturated heterocycles. The monoisotopic (exact) mass is 301 g/mol. The maximum absolute atomic E-state index is 12.5. The van der Waals surface area contributed by atoms with Gasteiger partial charge < -0.3 is 9.64 Å². The molecule has 116 valence electrons. The summed E-state index contributed by atoms with van der Waals surface area (Å²) in [7, 11) is 0. The van der Waals surface area contributed by atoms with Crippen molar-refractivity contribution in [2.24, 2.45) is 5.92 Å². The predicted molar refractivity (Wildman–Crippen MR) is 82.1 cm³/mol. The molecule has 1 amide bonds. The van der Waals surface area contributed by atoms with Crippen LogP contribution in [0.25, 0.3) is 0 Å². The molecule has 0 N–H and O–H groups in total. The van der Waals surface area contributed by atoms with E-state index in [2.05, 4.69) is 4.90 Å². The van der Waals surface area contributed by atoms with E-state index in [1.54, 1.807) is 0 Å². The van der Waals surface area contributed by atoms with Crippen molar-refractivity contribution in [3.8, 4) is 0 Å². The minimum atomic E-state index is 0.317.